The lowest BCUT2D eigenvalue weighted by molar-refractivity contribution is 0.284. The summed E-state index contributed by atoms with van der Waals surface area (Å²) in [6, 6.07) is 0. The third-order valence-electron chi connectivity index (χ3n) is 4.96. The van der Waals surface area contributed by atoms with Crippen molar-refractivity contribution < 1.29 is 0 Å². The minimum atomic E-state index is 0.810. The second-order valence-corrected chi connectivity index (χ2v) is 7.20. The van der Waals surface area contributed by atoms with Crippen LogP contribution in [0.15, 0.2) is 11.3 Å². The van der Waals surface area contributed by atoms with E-state index in [0.29, 0.717) is 0 Å². The van der Waals surface area contributed by atoms with Crippen LogP contribution in [0.3, 0.4) is 0 Å². The molecule has 1 aliphatic carbocycles. The van der Waals surface area contributed by atoms with Gasteiger partial charge in [0.25, 0.3) is 0 Å². The first-order valence-electron chi connectivity index (χ1n) is 8.33. The van der Waals surface area contributed by atoms with E-state index in [9.17, 15) is 0 Å². The predicted molar refractivity (Wildman–Crippen MR) is 86.1 cm³/mol. The molecule has 112 valence electrons. The zero-order valence-electron chi connectivity index (χ0n) is 14.1. The van der Waals surface area contributed by atoms with E-state index >= 15 is 0 Å². The van der Waals surface area contributed by atoms with Crippen LogP contribution >= 0.6 is 0 Å². The number of nitrogens with one attached hydrogen (secondary N) is 1. The molecular formula is C18H35N. The third-order valence-corrected chi connectivity index (χ3v) is 4.96. The van der Waals surface area contributed by atoms with E-state index in [-0.39, 0.29) is 0 Å². The third kappa shape index (κ3) is 5.20. The standard InChI is InChI=1S/C18H35N/c1-13(2)12-17-9-7-8-16(14(3)4)10-11-18(17)15(5)19-6/h13-14,16-17,19H,7-12H2,1-6H3/b18-15-. The van der Waals surface area contributed by atoms with Gasteiger partial charge in [0.2, 0.25) is 0 Å². The first-order valence-corrected chi connectivity index (χ1v) is 8.33. The van der Waals surface area contributed by atoms with Crippen molar-refractivity contribution in [2.75, 3.05) is 7.05 Å². The van der Waals surface area contributed by atoms with Crippen LogP contribution in [-0.4, -0.2) is 7.05 Å². The van der Waals surface area contributed by atoms with Gasteiger partial charge in [-0.25, -0.2) is 0 Å². The molecule has 1 heteroatoms. The lowest BCUT2D eigenvalue weighted by Gasteiger charge is -2.31. The molecule has 2 unspecified atom stereocenters. The van der Waals surface area contributed by atoms with E-state index in [2.05, 4.69) is 47.0 Å². The molecule has 0 aromatic heterocycles. The summed E-state index contributed by atoms with van der Waals surface area (Å²) in [5.41, 5.74) is 3.16. The van der Waals surface area contributed by atoms with Gasteiger partial charge in [-0.05, 0) is 61.9 Å². The molecule has 0 heterocycles. The van der Waals surface area contributed by atoms with Gasteiger partial charge in [0.15, 0.2) is 0 Å². The first kappa shape index (κ1) is 16.6. The van der Waals surface area contributed by atoms with Crippen LogP contribution in [0.4, 0.5) is 0 Å². The van der Waals surface area contributed by atoms with E-state index in [1.165, 1.54) is 44.2 Å². The molecule has 1 nitrogen and oxygen atoms in total. The lowest BCUT2D eigenvalue weighted by Crippen LogP contribution is -2.20. The zero-order valence-corrected chi connectivity index (χ0v) is 14.1. The highest BCUT2D eigenvalue weighted by molar-refractivity contribution is 5.15. The van der Waals surface area contributed by atoms with Crippen LogP contribution in [0.1, 0.15) is 73.1 Å². The van der Waals surface area contributed by atoms with Crippen LogP contribution in [0.5, 0.6) is 0 Å². The molecule has 0 aromatic carbocycles. The Kier molecular flexibility index (Phi) is 6.96. The molecule has 1 rings (SSSR count). The zero-order chi connectivity index (χ0) is 14.4. The molecule has 1 N–H and O–H groups in total. The average Bonchev–Trinajstić information content (AvgIpc) is 2.31. The van der Waals surface area contributed by atoms with Crippen molar-refractivity contribution in [3.05, 3.63) is 11.3 Å². The molecule has 0 amide bonds. The van der Waals surface area contributed by atoms with Crippen molar-refractivity contribution in [2.24, 2.45) is 23.7 Å². The summed E-state index contributed by atoms with van der Waals surface area (Å²) in [7, 11) is 2.08. The Labute approximate surface area is 121 Å². The first-order chi connectivity index (χ1) is 8.95. The van der Waals surface area contributed by atoms with Gasteiger partial charge in [-0.2, -0.15) is 0 Å². The fraction of sp³-hybridized carbons (Fsp3) is 0.889. The van der Waals surface area contributed by atoms with Gasteiger partial charge in [-0.3, -0.25) is 0 Å². The van der Waals surface area contributed by atoms with Gasteiger partial charge in [0.1, 0.15) is 0 Å². The Morgan fingerprint density at radius 3 is 2.37 bits per heavy atom. The fourth-order valence-electron chi connectivity index (χ4n) is 3.64. The molecule has 19 heavy (non-hydrogen) atoms. The Balaban J connectivity index is 2.82. The minimum absolute atomic E-state index is 0.810. The summed E-state index contributed by atoms with van der Waals surface area (Å²) in [6.07, 6.45) is 8.32. The van der Waals surface area contributed by atoms with E-state index in [0.717, 1.165) is 23.7 Å². The number of hydrogen-bond acceptors (Lipinski definition) is 1. The second kappa shape index (κ2) is 7.97. The van der Waals surface area contributed by atoms with Gasteiger partial charge >= 0.3 is 0 Å². The number of allylic oxidation sites excluding steroid dienone is 2. The Morgan fingerprint density at radius 2 is 1.84 bits per heavy atom. The highest BCUT2D eigenvalue weighted by Gasteiger charge is 2.24. The summed E-state index contributed by atoms with van der Waals surface area (Å²) in [5, 5.41) is 3.41. The van der Waals surface area contributed by atoms with Crippen molar-refractivity contribution in [1.82, 2.24) is 5.32 Å². The van der Waals surface area contributed by atoms with Crippen LogP contribution in [-0.2, 0) is 0 Å². The number of rotatable bonds is 4. The van der Waals surface area contributed by atoms with Crippen molar-refractivity contribution in [3.63, 3.8) is 0 Å². The van der Waals surface area contributed by atoms with Crippen LogP contribution in [0.25, 0.3) is 0 Å². The van der Waals surface area contributed by atoms with Gasteiger partial charge in [0.05, 0.1) is 0 Å². The average molecular weight is 265 g/mol. The Bertz CT molecular complexity index is 288. The van der Waals surface area contributed by atoms with E-state index in [1.54, 1.807) is 5.57 Å². The monoisotopic (exact) mass is 265 g/mol. The van der Waals surface area contributed by atoms with E-state index in [1.807, 2.05) is 0 Å². The largest absolute Gasteiger partial charge is 0.392 e. The molecule has 2 atom stereocenters. The highest BCUT2D eigenvalue weighted by atomic mass is 14.8. The maximum Gasteiger partial charge on any atom is 0.00671 e. The van der Waals surface area contributed by atoms with Crippen LogP contribution < -0.4 is 5.32 Å². The Morgan fingerprint density at radius 1 is 1.16 bits per heavy atom. The summed E-state index contributed by atoms with van der Waals surface area (Å²) >= 11 is 0. The fourth-order valence-corrected chi connectivity index (χ4v) is 3.64. The van der Waals surface area contributed by atoms with Crippen molar-refractivity contribution in [2.45, 2.75) is 73.1 Å². The summed E-state index contributed by atoms with van der Waals surface area (Å²) in [4.78, 5) is 0. The minimum Gasteiger partial charge on any atom is -0.392 e. The molecule has 1 fully saturated rings. The van der Waals surface area contributed by atoms with Crippen LogP contribution in [0.2, 0.25) is 0 Å². The van der Waals surface area contributed by atoms with E-state index in [4.69, 9.17) is 0 Å². The molecule has 0 aliphatic heterocycles. The second-order valence-electron chi connectivity index (χ2n) is 7.20. The molecule has 0 saturated heterocycles. The van der Waals surface area contributed by atoms with Crippen LogP contribution in [0, 0.1) is 23.7 Å². The summed E-state index contributed by atoms with van der Waals surface area (Å²) < 4.78 is 0. The molecule has 0 bridgehead atoms. The topological polar surface area (TPSA) is 12.0 Å². The maximum atomic E-state index is 3.41. The smallest absolute Gasteiger partial charge is 0.00671 e. The highest BCUT2D eigenvalue weighted by Crippen LogP contribution is 2.37. The lowest BCUT2D eigenvalue weighted by atomic mass is 9.76. The van der Waals surface area contributed by atoms with Gasteiger partial charge in [-0.1, -0.05) is 40.5 Å². The quantitative estimate of drug-likeness (QED) is 0.719. The van der Waals surface area contributed by atoms with Gasteiger partial charge in [0, 0.05) is 12.7 Å². The molecule has 0 radical (unpaired) electrons. The molecule has 0 spiro atoms. The van der Waals surface area contributed by atoms with Crippen molar-refractivity contribution in [3.8, 4) is 0 Å². The van der Waals surface area contributed by atoms with Crippen molar-refractivity contribution in [1.29, 1.82) is 0 Å². The summed E-state index contributed by atoms with van der Waals surface area (Å²) in [6.45, 7) is 11.8. The molecule has 1 aliphatic rings. The molecular weight excluding hydrogens is 230 g/mol. The molecule has 1 saturated carbocycles. The van der Waals surface area contributed by atoms with E-state index < -0.39 is 0 Å². The molecule has 0 aromatic rings. The summed E-state index contributed by atoms with van der Waals surface area (Å²) in [5.74, 6) is 3.41. The number of hydrogen-bond donors (Lipinski definition) is 1. The van der Waals surface area contributed by atoms with Gasteiger partial charge in [-0.15, -0.1) is 0 Å². The van der Waals surface area contributed by atoms with Gasteiger partial charge < -0.3 is 5.32 Å². The Hall–Kier alpha value is -0.460. The predicted octanol–water partition coefficient (Wildman–Crippen LogP) is 5.38. The SMILES string of the molecule is CN/C(C)=C1/CCC(C(C)C)CCCC1CC(C)C. The normalized spacial score (nSPS) is 28.2. The maximum absolute atomic E-state index is 3.41. The van der Waals surface area contributed by atoms with Crippen molar-refractivity contribution >= 4 is 0 Å².